The van der Waals surface area contributed by atoms with Crippen LogP contribution in [0.4, 0.5) is 5.69 Å². The molecule has 8 heteroatoms. The molecule has 1 amide bonds. The minimum atomic E-state index is -3.65. The third kappa shape index (κ3) is 6.67. The first-order valence-corrected chi connectivity index (χ1v) is 10.1. The van der Waals surface area contributed by atoms with Crippen molar-refractivity contribution in [2.24, 2.45) is 5.73 Å². The number of carbonyl (C=O) groups excluding carboxylic acids is 1. The molecule has 2 aromatic carbocycles. The summed E-state index contributed by atoms with van der Waals surface area (Å²) in [6, 6.07) is 11.9. The van der Waals surface area contributed by atoms with Crippen LogP contribution < -0.4 is 20.5 Å². The molecule has 2 aromatic rings. The minimum Gasteiger partial charge on any atom is -0.493 e. The fraction of sp³-hybridized carbons (Fsp3) is 0.316. The van der Waals surface area contributed by atoms with Gasteiger partial charge in [0, 0.05) is 18.8 Å². The van der Waals surface area contributed by atoms with Gasteiger partial charge in [-0.15, -0.1) is 0 Å². The number of aryl methyl sites for hydroxylation is 2. The summed E-state index contributed by atoms with van der Waals surface area (Å²) < 4.78 is 32.2. The summed E-state index contributed by atoms with van der Waals surface area (Å²) in [5.74, 6) is 0.461. The third-order valence-corrected chi connectivity index (χ3v) is 5.12. The van der Waals surface area contributed by atoms with Crippen LogP contribution in [0.3, 0.4) is 0 Å². The van der Waals surface area contributed by atoms with Gasteiger partial charge in [-0.1, -0.05) is 12.1 Å². The van der Waals surface area contributed by atoms with Gasteiger partial charge in [-0.25, -0.2) is 13.1 Å². The van der Waals surface area contributed by atoms with E-state index in [1.54, 1.807) is 12.1 Å². The lowest BCUT2D eigenvalue weighted by molar-refractivity contribution is -0.116. The SMILES string of the molecule is Cc1cc(C)cc(OCCC(=O)Nc2cccc(S(=O)(=O)NCCN)c2)c1. The Labute approximate surface area is 160 Å². The van der Waals surface area contributed by atoms with Crippen LogP contribution in [0.5, 0.6) is 5.75 Å². The molecular formula is C19H25N3O4S. The van der Waals surface area contributed by atoms with Gasteiger partial charge in [-0.2, -0.15) is 0 Å². The predicted molar refractivity (Wildman–Crippen MR) is 105 cm³/mol. The van der Waals surface area contributed by atoms with Crippen molar-refractivity contribution in [3.63, 3.8) is 0 Å². The van der Waals surface area contributed by atoms with Gasteiger partial charge in [0.25, 0.3) is 0 Å². The molecule has 0 atom stereocenters. The Morgan fingerprint density at radius 2 is 1.81 bits per heavy atom. The Morgan fingerprint density at radius 1 is 1.11 bits per heavy atom. The number of nitrogens with two attached hydrogens (primary N) is 1. The fourth-order valence-electron chi connectivity index (χ4n) is 2.52. The molecule has 0 aliphatic heterocycles. The van der Waals surface area contributed by atoms with Crippen molar-refractivity contribution in [1.29, 1.82) is 0 Å². The molecule has 0 heterocycles. The van der Waals surface area contributed by atoms with Gasteiger partial charge in [0.15, 0.2) is 0 Å². The summed E-state index contributed by atoms with van der Waals surface area (Å²) >= 11 is 0. The number of rotatable bonds is 9. The molecule has 0 saturated heterocycles. The van der Waals surface area contributed by atoms with Crippen molar-refractivity contribution in [3.05, 3.63) is 53.6 Å². The molecule has 2 rings (SSSR count). The van der Waals surface area contributed by atoms with Gasteiger partial charge in [0.2, 0.25) is 15.9 Å². The highest BCUT2D eigenvalue weighted by Gasteiger charge is 2.14. The monoisotopic (exact) mass is 391 g/mol. The van der Waals surface area contributed by atoms with Crippen LogP contribution in [0.2, 0.25) is 0 Å². The summed E-state index contributed by atoms with van der Waals surface area (Å²) in [5, 5.41) is 2.68. The Hall–Kier alpha value is -2.42. The van der Waals surface area contributed by atoms with Crippen molar-refractivity contribution in [2.45, 2.75) is 25.2 Å². The highest BCUT2D eigenvalue weighted by Crippen LogP contribution is 2.17. The summed E-state index contributed by atoms with van der Waals surface area (Å²) in [6.07, 6.45) is 0.148. The number of carbonyl (C=O) groups is 1. The van der Waals surface area contributed by atoms with Gasteiger partial charge in [-0.05, 0) is 55.3 Å². The minimum absolute atomic E-state index is 0.0697. The van der Waals surface area contributed by atoms with E-state index in [1.807, 2.05) is 32.0 Å². The number of nitrogens with one attached hydrogen (secondary N) is 2. The zero-order chi connectivity index (χ0) is 19.9. The standard InChI is InChI=1S/C19H25N3O4S/c1-14-10-15(2)12-17(11-14)26-9-6-19(23)22-16-4-3-5-18(13-16)27(24,25)21-8-7-20/h3-5,10-13,21H,6-9,20H2,1-2H3,(H,22,23). The Morgan fingerprint density at radius 3 is 2.48 bits per heavy atom. The van der Waals surface area contributed by atoms with E-state index in [-0.39, 0.29) is 36.9 Å². The predicted octanol–water partition coefficient (Wildman–Crippen LogP) is 1.95. The molecule has 0 spiro atoms. The lowest BCUT2D eigenvalue weighted by Gasteiger charge is -2.10. The van der Waals surface area contributed by atoms with Crippen LogP contribution in [0.25, 0.3) is 0 Å². The highest BCUT2D eigenvalue weighted by atomic mass is 32.2. The van der Waals surface area contributed by atoms with E-state index in [9.17, 15) is 13.2 Å². The van der Waals surface area contributed by atoms with Crippen LogP contribution in [0.15, 0.2) is 47.4 Å². The lowest BCUT2D eigenvalue weighted by atomic mass is 10.1. The number of anilines is 1. The largest absolute Gasteiger partial charge is 0.493 e. The van der Waals surface area contributed by atoms with Crippen LogP contribution in [0.1, 0.15) is 17.5 Å². The van der Waals surface area contributed by atoms with Crippen LogP contribution in [-0.4, -0.2) is 34.0 Å². The summed E-state index contributed by atoms with van der Waals surface area (Å²) in [7, 11) is -3.65. The molecule has 27 heavy (non-hydrogen) atoms. The summed E-state index contributed by atoms with van der Waals surface area (Å²) in [5.41, 5.74) is 7.91. The molecule has 4 N–H and O–H groups in total. The number of hydrogen-bond acceptors (Lipinski definition) is 5. The van der Waals surface area contributed by atoms with Gasteiger partial charge < -0.3 is 15.8 Å². The van der Waals surface area contributed by atoms with Crippen molar-refractivity contribution in [2.75, 3.05) is 25.0 Å². The van der Waals surface area contributed by atoms with Crippen LogP contribution >= 0.6 is 0 Å². The van der Waals surface area contributed by atoms with E-state index in [4.69, 9.17) is 10.5 Å². The maximum atomic E-state index is 12.1. The first-order chi connectivity index (χ1) is 12.8. The second-order valence-corrected chi connectivity index (χ2v) is 7.95. The van der Waals surface area contributed by atoms with E-state index in [1.165, 1.54) is 12.1 Å². The zero-order valence-electron chi connectivity index (χ0n) is 15.5. The van der Waals surface area contributed by atoms with Gasteiger partial charge >= 0.3 is 0 Å². The van der Waals surface area contributed by atoms with Crippen LogP contribution in [-0.2, 0) is 14.8 Å². The van der Waals surface area contributed by atoms with Gasteiger partial charge in [-0.3, -0.25) is 4.79 Å². The van der Waals surface area contributed by atoms with Crippen molar-refractivity contribution < 1.29 is 17.9 Å². The highest BCUT2D eigenvalue weighted by molar-refractivity contribution is 7.89. The smallest absolute Gasteiger partial charge is 0.240 e. The Bertz CT molecular complexity index is 877. The third-order valence-electron chi connectivity index (χ3n) is 3.66. The maximum absolute atomic E-state index is 12.1. The maximum Gasteiger partial charge on any atom is 0.240 e. The first-order valence-electron chi connectivity index (χ1n) is 8.61. The molecule has 0 bridgehead atoms. The number of ether oxygens (including phenoxy) is 1. The summed E-state index contributed by atoms with van der Waals surface area (Å²) in [6.45, 7) is 4.54. The topological polar surface area (TPSA) is 111 Å². The molecule has 0 radical (unpaired) electrons. The van der Waals surface area contributed by atoms with Gasteiger partial charge in [0.05, 0.1) is 17.9 Å². The van der Waals surface area contributed by atoms with Gasteiger partial charge in [0.1, 0.15) is 5.75 Å². The summed E-state index contributed by atoms with van der Waals surface area (Å²) in [4.78, 5) is 12.2. The average Bonchev–Trinajstić information content (AvgIpc) is 2.59. The first kappa shape index (κ1) is 20.9. The normalized spacial score (nSPS) is 11.2. The quantitative estimate of drug-likeness (QED) is 0.605. The second-order valence-electron chi connectivity index (χ2n) is 6.18. The van der Waals surface area contributed by atoms with Crippen molar-refractivity contribution in [3.8, 4) is 5.75 Å². The van der Waals surface area contributed by atoms with E-state index in [0.717, 1.165) is 16.9 Å². The molecule has 0 fully saturated rings. The molecule has 7 nitrogen and oxygen atoms in total. The number of hydrogen-bond donors (Lipinski definition) is 3. The van der Waals surface area contributed by atoms with Crippen LogP contribution in [0, 0.1) is 13.8 Å². The molecule has 0 aromatic heterocycles. The molecule has 0 aliphatic rings. The number of amides is 1. The van der Waals surface area contributed by atoms with E-state index < -0.39 is 10.0 Å². The molecule has 146 valence electrons. The Balaban J connectivity index is 1.91. The van der Waals surface area contributed by atoms with Crippen molar-refractivity contribution >= 4 is 21.6 Å². The zero-order valence-corrected chi connectivity index (χ0v) is 16.3. The van der Waals surface area contributed by atoms with E-state index >= 15 is 0 Å². The second kappa shape index (κ2) is 9.50. The molecule has 0 aliphatic carbocycles. The van der Waals surface area contributed by atoms with E-state index in [0.29, 0.717) is 5.69 Å². The lowest BCUT2D eigenvalue weighted by Crippen LogP contribution is -2.29. The Kier molecular flexibility index (Phi) is 7.35. The average molecular weight is 391 g/mol. The van der Waals surface area contributed by atoms with E-state index in [2.05, 4.69) is 10.0 Å². The molecule has 0 unspecified atom stereocenters. The molecular weight excluding hydrogens is 366 g/mol. The molecule has 0 saturated carbocycles. The van der Waals surface area contributed by atoms with Crippen molar-refractivity contribution in [1.82, 2.24) is 4.72 Å². The number of benzene rings is 2. The number of sulfonamides is 1. The fourth-order valence-corrected chi connectivity index (χ4v) is 3.61.